The Hall–Kier alpha value is -1.20. The first-order valence-corrected chi connectivity index (χ1v) is 7.43. The number of hydrogen-bond acceptors (Lipinski definition) is 3. The Morgan fingerprint density at radius 1 is 1.16 bits per heavy atom. The number of benzene rings is 2. The Labute approximate surface area is 129 Å². The molecule has 0 heterocycles. The van der Waals surface area contributed by atoms with Gasteiger partial charge in [-0.25, -0.2) is 0 Å². The SMILES string of the molecule is CCOc1cc(Nc2c(Br)cccc2Br)ccc1N. The molecule has 2 aromatic carbocycles. The number of nitrogens with two attached hydrogens (primary N) is 1. The zero-order valence-corrected chi connectivity index (χ0v) is 13.6. The van der Waals surface area contributed by atoms with Crippen molar-refractivity contribution in [3.8, 4) is 5.75 Å². The Bertz CT molecular complexity index is 567. The van der Waals surface area contributed by atoms with Crippen LogP contribution in [0.4, 0.5) is 17.1 Å². The standard InChI is InChI=1S/C14H14Br2N2O/c1-2-19-13-8-9(6-7-12(13)17)18-14-10(15)4-3-5-11(14)16/h3-8,18H,2,17H2,1H3. The number of nitrogens with one attached hydrogen (secondary N) is 1. The highest BCUT2D eigenvalue weighted by atomic mass is 79.9. The molecule has 0 unspecified atom stereocenters. The Balaban J connectivity index is 2.31. The maximum absolute atomic E-state index is 5.86. The summed E-state index contributed by atoms with van der Waals surface area (Å²) in [6.45, 7) is 2.52. The summed E-state index contributed by atoms with van der Waals surface area (Å²) in [4.78, 5) is 0. The van der Waals surface area contributed by atoms with Crippen LogP contribution < -0.4 is 15.8 Å². The summed E-state index contributed by atoms with van der Waals surface area (Å²) in [7, 11) is 0. The maximum Gasteiger partial charge on any atom is 0.144 e. The minimum Gasteiger partial charge on any atom is -0.492 e. The van der Waals surface area contributed by atoms with Gasteiger partial charge in [0.2, 0.25) is 0 Å². The van der Waals surface area contributed by atoms with Gasteiger partial charge in [0.05, 0.1) is 18.0 Å². The van der Waals surface area contributed by atoms with Crippen molar-refractivity contribution in [2.75, 3.05) is 17.7 Å². The average Bonchev–Trinajstić information content (AvgIpc) is 2.38. The van der Waals surface area contributed by atoms with Gasteiger partial charge in [-0.1, -0.05) is 6.07 Å². The highest BCUT2D eigenvalue weighted by Crippen LogP contribution is 2.34. The van der Waals surface area contributed by atoms with Crippen LogP contribution in [-0.4, -0.2) is 6.61 Å². The Kier molecular flexibility index (Phi) is 4.71. The summed E-state index contributed by atoms with van der Waals surface area (Å²) in [6.07, 6.45) is 0. The van der Waals surface area contributed by atoms with Gasteiger partial charge in [0.25, 0.3) is 0 Å². The van der Waals surface area contributed by atoms with Crippen LogP contribution in [0.3, 0.4) is 0 Å². The number of nitrogen functional groups attached to an aromatic ring is 1. The predicted molar refractivity (Wildman–Crippen MR) is 87.1 cm³/mol. The molecule has 0 aliphatic carbocycles. The van der Waals surface area contributed by atoms with Gasteiger partial charge >= 0.3 is 0 Å². The van der Waals surface area contributed by atoms with E-state index < -0.39 is 0 Å². The fourth-order valence-corrected chi connectivity index (χ4v) is 2.85. The van der Waals surface area contributed by atoms with Crippen molar-refractivity contribution in [3.05, 3.63) is 45.3 Å². The minimum atomic E-state index is 0.590. The number of anilines is 3. The molecule has 100 valence electrons. The van der Waals surface area contributed by atoms with E-state index in [1.54, 1.807) is 0 Å². The van der Waals surface area contributed by atoms with E-state index in [4.69, 9.17) is 10.5 Å². The summed E-state index contributed by atoms with van der Waals surface area (Å²) in [6, 6.07) is 11.6. The van der Waals surface area contributed by atoms with Crippen LogP contribution in [0.15, 0.2) is 45.3 Å². The summed E-state index contributed by atoms with van der Waals surface area (Å²) in [5, 5.41) is 3.34. The minimum absolute atomic E-state index is 0.590. The summed E-state index contributed by atoms with van der Waals surface area (Å²) >= 11 is 7.04. The lowest BCUT2D eigenvalue weighted by Crippen LogP contribution is -1.99. The molecule has 0 bridgehead atoms. The third-order valence-electron chi connectivity index (χ3n) is 2.55. The van der Waals surface area contributed by atoms with Gasteiger partial charge in [0, 0.05) is 20.7 Å². The second kappa shape index (κ2) is 6.30. The number of halogens is 2. The largest absolute Gasteiger partial charge is 0.492 e. The lowest BCUT2D eigenvalue weighted by Gasteiger charge is -2.13. The van der Waals surface area contributed by atoms with Crippen LogP contribution in [0.1, 0.15) is 6.92 Å². The first-order chi connectivity index (χ1) is 9.11. The molecule has 2 rings (SSSR count). The van der Waals surface area contributed by atoms with Gasteiger partial charge in [-0.15, -0.1) is 0 Å². The molecule has 19 heavy (non-hydrogen) atoms. The normalized spacial score (nSPS) is 10.3. The molecule has 0 aliphatic rings. The molecular formula is C14H14Br2N2O. The van der Waals surface area contributed by atoms with E-state index in [2.05, 4.69) is 37.2 Å². The van der Waals surface area contributed by atoms with E-state index in [0.29, 0.717) is 18.0 Å². The van der Waals surface area contributed by atoms with Crippen molar-refractivity contribution >= 4 is 48.9 Å². The summed E-state index contributed by atoms with van der Waals surface area (Å²) < 4.78 is 7.45. The van der Waals surface area contributed by atoms with E-state index in [9.17, 15) is 0 Å². The van der Waals surface area contributed by atoms with Crippen molar-refractivity contribution in [2.24, 2.45) is 0 Å². The molecule has 2 aromatic rings. The lowest BCUT2D eigenvalue weighted by atomic mass is 10.2. The van der Waals surface area contributed by atoms with Gasteiger partial charge in [-0.05, 0) is 63.0 Å². The number of para-hydroxylation sites is 1. The molecule has 0 saturated carbocycles. The van der Waals surface area contributed by atoms with Gasteiger partial charge in [0.15, 0.2) is 0 Å². The third kappa shape index (κ3) is 3.42. The van der Waals surface area contributed by atoms with Gasteiger partial charge in [-0.3, -0.25) is 0 Å². The van der Waals surface area contributed by atoms with E-state index >= 15 is 0 Å². The smallest absolute Gasteiger partial charge is 0.144 e. The molecular weight excluding hydrogens is 372 g/mol. The van der Waals surface area contributed by atoms with Gasteiger partial charge in [0.1, 0.15) is 5.75 Å². The molecule has 3 N–H and O–H groups in total. The maximum atomic E-state index is 5.86. The lowest BCUT2D eigenvalue weighted by molar-refractivity contribution is 0.342. The van der Waals surface area contributed by atoms with Gasteiger partial charge in [-0.2, -0.15) is 0 Å². The topological polar surface area (TPSA) is 47.3 Å². The molecule has 0 saturated heterocycles. The quantitative estimate of drug-likeness (QED) is 0.733. The van der Waals surface area contributed by atoms with Crippen molar-refractivity contribution < 1.29 is 4.74 Å². The van der Waals surface area contributed by atoms with Gasteiger partial charge < -0.3 is 15.8 Å². The first-order valence-electron chi connectivity index (χ1n) is 5.85. The predicted octanol–water partition coefficient (Wildman–Crippen LogP) is 4.94. The summed E-state index contributed by atoms with van der Waals surface area (Å²) in [5.41, 5.74) is 8.38. The van der Waals surface area contributed by atoms with Crippen LogP contribution in [-0.2, 0) is 0 Å². The fourth-order valence-electron chi connectivity index (χ4n) is 1.65. The van der Waals surface area contributed by atoms with Crippen LogP contribution in [0.5, 0.6) is 5.75 Å². The third-order valence-corrected chi connectivity index (χ3v) is 3.87. The zero-order valence-electron chi connectivity index (χ0n) is 10.4. The van der Waals surface area contributed by atoms with Crippen molar-refractivity contribution in [1.29, 1.82) is 0 Å². The highest BCUT2D eigenvalue weighted by Gasteiger charge is 2.07. The molecule has 0 aromatic heterocycles. The molecule has 0 fully saturated rings. The Morgan fingerprint density at radius 3 is 2.47 bits per heavy atom. The monoisotopic (exact) mass is 384 g/mol. The molecule has 0 radical (unpaired) electrons. The number of ether oxygens (including phenoxy) is 1. The second-order valence-corrected chi connectivity index (χ2v) is 5.62. The fraction of sp³-hybridized carbons (Fsp3) is 0.143. The summed E-state index contributed by atoms with van der Waals surface area (Å²) in [5.74, 6) is 0.690. The van der Waals surface area contributed by atoms with E-state index in [0.717, 1.165) is 20.3 Å². The van der Waals surface area contributed by atoms with Crippen molar-refractivity contribution in [1.82, 2.24) is 0 Å². The highest BCUT2D eigenvalue weighted by molar-refractivity contribution is 9.11. The average molecular weight is 386 g/mol. The molecule has 3 nitrogen and oxygen atoms in total. The second-order valence-electron chi connectivity index (χ2n) is 3.91. The van der Waals surface area contributed by atoms with Crippen LogP contribution in [0, 0.1) is 0 Å². The van der Waals surface area contributed by atoms with Crippen molar-refractivity contribution in [3.63, 3.8) is 0 Å². The molecule has 5 heteroatoms. The van der Waals surface area contributed by atoms with Crippen LogP contribution >= 0.6 is 31.9 Å². The van der Waals surface area contributed by atoms with E-state index in [1.165, 1.54) is 0 Å². The first kappa shape index (κ1) is 14.2. The number of hydrogen-bond donors (Lipinski definition) is 2. The number of rotatable bonds is 4. The molecule has 0 aliphatic heterocycles. The van der Waals surface area contributed by atoms with E-state index in [1.807, 2.05) is 43.3 Å². The Morgan fingerprint density at radius 2 is 1.84 bits per heavy atom. The molecule has 0 spiro atoms. The molecule has 0 amide bonds. The van der Waals surface area contributed by atoms with E-state index in [-0.39, 0.29) is 0 Å². The molecule has 0 atom stereocenters. The zero-order chi connectivity index (χ0) is 13.8. The van der Waals surface area contributed by atoms with Crippen LogP contribution in [0.2, 0.25) is 0 Å². The van der Waals surface area contributed by atoms with Crippen LogP contribution in [0.25, 0.3) is 0 Å². The van der Waals surface area contributed by atoms with Crippen molar-refractivity contribution in [2.45, 2.75) is 6.92 Å².